The van der Waals surface area contributed by atoms with Gasteiger partial charge < -0.3 is 10.4 Å². The number of anilines is 2. The number of fused-ring (bicyclic) bond motifs is 1. The molecule has 0 aliphatic carbocycles. The molecule has 0 aliphatic rings. The summed E-state index contributed by atoms with van der Waals surface area (Å²) in [5.41, 5.74) is 6.08. The quantitative estimate of drug-likeness (QED) is 0.365. The van der Waals surface area contributed by atoms with Crippen LogP contribution in [0.25, 0.3) is 28.2 Å². The van der Waals surface area contributed by atoms with Crippen LogP contribution >= 0.6 is 0 Å². The second kappa shape index (κ2) is 8.38. The van der Waals surface area contributed by atoms with Crippen LogP contribution in [0.15, 0.2) is 48.8 Å². The molecule has 10 nitrogen and oxygen atoms in total. The SMILES string of the molecule is Cc1ccc(Nc2ccc3c(c2)ncn3-c2ccc([C@H](C)O)c(-c3[nH]nc(C#N)c3C)n2)nn1. The summed E-state index contributed by atoms with van der Waals surface area (Å²) in [5, 5.41) is 38.0. The third-order valence-corrected chi connectivity index (χ3v) is 5.58. The van der Waals surface area contributed by atoms with E-state index in [1.807, 2.05) is 54.0 Å². The van der Waals surface area contributed by atoms with E-state index in [1.165, 1.54) is 0 Å². The normalized spacial score (nSPS) is 12.0. The Morgan fingerprint density at radius 3 is 2.68 bits per heavy atom. The van der Waals surface area contributed by atoms with Gasteiger partial charge in [-0.2, -0.15) is 15.5 Å². The van der Waals surface area contributed by atoms with E-state index in [-0.39, 0.29) is 0 Å². The molecule has 0 radical (unpaired) electrons. The second-order valence-electron chi connectivity index (χ2n) is 7.97. The van der Waals surface area contributed by atoms with E-state index in [4.69, 9.17) is 4.98 Å². The number of aromatic amines is 1. The van der Waals surface area contributed by atoms with Crippen molar-refractivity contribution in [1.82, 2.24) is 34.9 Å². The van der Waals surface area contributed by atoms with Crippen LogP contribution in [0.3, 0.4) is 0 Å². The Morgan fingerprint density at radius 1 is 1.12 bits per heavy atom. The number of imidazole rings is 1. The predicted molar refractivity (Wildman–Crippen MR) is 127 cm³/mol. The molecule has 0 bridgehead atoms. The highest BCUT2D eigenvalue weighted by Crippen LogP contribution is 2.31. The molecule has 3 N–H and O–H groups in total. The van der Waals surface area contributed by atoms with Gasteiger partial charge in [-0.25, -0.2) is 9.97 Å². The van der Waals surface area contributed by atoms with Gasteiger partial charge in [0.1, 0.15) is 18.2 Å². The molecule has 0 amide bonds. The largest absolute Gasteiger partial charge is 0.389 e. The summed E-state index contributed by atoms with van der Waals surface area (Å²) in [6.45, 7) is 5.37. The van der Waals surface area contributed by atoms with Crippen LogP contribution in [0.1, 0.15) is 35.5 Å². The van der Waals surface area contributed by atoms with E-state index in [0.29, 0.717) is 39.8 Å². The topological polar surface area (TPSA) is 141 Å². The maximum Gasteiger partial charge on any atom is 0.165 e. The van der Waals surface area contributed by atoms with Gasteiger partial charge in [0.25, 0.3) is 0 Å². The number of hydrogen-bond donors (Lipinski definition) is 3. The molecular formula is C24H21N9O. The summed E-state index contributed by atoms with van der Waals surface area (Å²) in [6.07, 6.45) is 0.956. The van der Waals surface area contributed by atoms with E-state index >= 15 is 0 Å². The highest BCUT2D eigenvalue weighted by atomic mass is 16.3. The van der Waals surface area contributed by atoms with Crippen molar-refractivity contribution < 1.29 is 5.11 Å². The van der Waals surface area contributed by atoms with Crippen molar-refractivity contribution in [2.75, 3.05) is 5.32 Å². The molecule has 5 rings (SSSR count). The number of aliphatic hydroxyl groups excluding tert-OH is 1. The Hall–Kier alpha value is -4.62. The molecule has 10 heteroatoms. The zero-order valence-electron chi connectivity index (χ0n) is 18.8. The van der Waals surface area contributed by atoms with Crippen molar-refractivity contribution in [1.29, 1.82) is 5.26 Å². The maximum atomic E-state index is 10.3. The molecular weight excluding hydrogens is 430 g/mol. The van der Waals surface area contributed by atoms with Crippen LogP contribution in [0, 0.1) is 25.2 Å². The van der Waals surface area contributed by atoms with Crippen molar-refractivity contribution in [3.8, 4) is 23.3 Å². The zero-order valence-corrected chi connectivity index (χ0v) is 18.8. The van der Waals surface area contributed by atoms with Crippen LogP contribution in [-0.4, -0.2) is 40.0 Å². The van der Waals surface area contributed by atoms with Crippen LogP contribution < -0.4 is 5.32 Å². The number of nitrogens with one attached hydrogen (secondary N) is 2. The lowest BCUT2D eigenvalue weighted by molar-refractivity contribution is 0.199. The number of nitrogens with zero attached hydrogens (tertiary/aromatic N) is 7. The molecule has 1 aromatic carbocycles. The van der Waals surface area contributed by atoms with Gasteiger partial charge in [-0.1, -0.05) is 6.07 Å². The minimum atomic E-state index is -0.747. The standard InChI is InChI=1S/C24H21N9O/c1-13-4-8-21(31-29-13)27-16-5-7-20-18(10-16)26-12-33(20)22-9-6-17(15(3)34)24(28-22)23-14(2)19(11-25)30-32-23/h4-10,12,15,34H,1-3H3,(H,27,31)(H,30,32)/t15-/m0/s1. The first-order valence-corrected chi connectivity index (χ1v) is 10.6. The number of benzene rings is 1. The first kappa shape index (κ1) is 21.2. The fourth-order valence-corrected chi connectivity index (χ4v) is 3.75. The maximum absolute atomic E-state index is 10.3. The number of hydrogen-bond acceptors (Lipinski definition) is 8. The van der Waals surface area contributed by atoms with Gasteiger partial charge in [-0.05, 0) is 57.2 Å². The number of aryl methyl sites for hydroxylation is 1. The smallest absolute Gasteiger partial charge is 0.165 e. The number of aliphatic hydroxyl groups is 1. The van der Waals surface area contributed by atoms with E-state index in [2.05, 4.69) is 36.8 Å². The predicted octanol–water partition coefficient (Wildman–Crippen LogP) is 3.89. The molecule has 0 aliphatic heterocycles. The molecule has 34 heavy (non-hydrogen) atoms. The van der Waals surface area contributed by atoms with Crippen molar-refractivity contribution in [2.24, 2.45) is 0 Å². The van der Waals surface area contributed by atoms with Gasteiger partial charge in [0.15, 0.2) is 11.5 Å². The van der Waals surface area contributed by atoms with E-state index in [0.717, 1.165) is 22.4 Å². The van der Waals surface area contributed by atoms with Crippen molar-refractivity contribution in [2.45, 2.75) is 26.9 Å². The fourth-order valence-electron chi connectivity index (χ4n) is 3.75. The lowest BCUT2D eigenvalue weighted by atomic mass is 10.0. The average molecular weight is 451 g/mol. The molecule has 168 valence electrons. The third-order valence-electron chi connectivity index (χ3n) is 5.58. The van der Waals surface area contributed by atoms with Gasteiger partial charge in [-0.3, -0.25) is 9.67 Å². The van der Waals surface area contributed by atoms with E-state index < -0.39 is 6.10 Å². The molecule has 4 heterocycles. The van der Waals surface area contributed by atoms with Crippen LogP contribution in [0.2, 0.25) is 0 Å². The van der Waals surface area contributed by atoms with E-state index in [9.17, 15) is 10.4 Å². The Morgan fingerprint density at radius 2 is 1.97 bits per heavy atom. The Bertz CT molecular complexity index is 1540. The Kier molecular flexibility index (Phi) is 5.24. The third kappa shape index (κ3) is 3.74. The number of H-pyrrole nitrogens is 1. The van der Waals surface area contributed by atoms with Gasteiger partial charge in [0.05, 0.1) is 34.2 Å². The highest BCUT2D eigenvalue weighted by molar-refractivity contribution is 5.82. The Balaban J connectivity index is 1.55. The lowest BCUT2D eigenvalue weighted by Crippen LogP contribution is -2.04. The Labute approximate surface area is 195 Å². The van der Waals surface area contributed by atoms with E-state index in [1.54, 1.807) is 20.2 Å². The summed E-state index contributed by atoms with van der Waals surface area (Å²) in [6, 6.07) is 15.3. The van der Waals surface area contributed by atoms with Crippen molar-refractivity contribution >= 4 is 22.5 Å². The van der Waals surface area contributed by atoms with Gasteiger partial charge in [-0.15, -0.1) is 5.10 Å². The summed E-state index contributed by atoms with van der Waals surface area (Å²) >= 11 is 0. The summed E-state index contributed by atoms with van der Waals surface area (Å²) in [4.78, 5) is 9.35. The number of rotatable bonds is 5. The average Bonchev–Trinajstić information content (AvgIpc) is 3.43. The molecule has 0 saturated carbocycles. The van der Waals surface area contributed by atoms with Crippen LogP contribution in [-0.2, 0) is 0 Å². The zero-order chi connectivity index (χ0) is 23.8. The van der Waals surface area contributed by atoms with Crippen LogP contribution in [0.5, 0.6) is 0 Å². The molecule has 4 aromatic heterocycles. The number of aromatic nitrogens is 7. The van der Waals surface area contributed by atoms with Gasteiger partial charge >= 0.3 is 0 Å². The van der Waals surface area contributed by atoms with Crippen molar-refractivity contribution in [3.63, 3.8) is 0 Å². The molecule has 0 spiro atoms. The second-order valence-corrected chi connectivity index (χ2v) is 7.97. The van der Waals surface area contributed by atoms with Crippen LogP contribution in [0.4, 0.5) is 11.5 Å². The number of nitriles is 1. The summed E-state index contributed by atoms with van der Waals surface area (Å²) in [5.74, 6) is 1.27. The molecule has 0 saturated heterocycles. The summed E-state index contributed by atoms with van der Waals surface area (Å²) in [7, 11) is 0. The molecule has 1 atom stereocenters. The fraction of sp³-hybridized carbons (Fsp3) is 0.167. The molecule has 5 aromatic rings. The minimum absolute atomic E-state index is 0.296. The van der Waals surface area contributed by atoms with Crippen molar-refractivity contribution in [3.05, 3.63) is 71.3 Å². The molecule has 0 fully saturated rings. The summed E-state index contributed by atoms with van der Waals surface area (Å²) < 4.78 is 1.87. The minimum Gasteiger partial charge on any atom is -0.389 e. The van der Waals surface area contributed by atoms with Gasteiger partial charge in [0, 0.05) is 16.8 Å². The highest BCUT2D eigenvalue weighted by Gasteiger charge is 2.19. The van der Waals surface area contributed by atoms with Gasteiger partial charge in [0.2, 0.25) is 0 Å². The monoisotopic (exact) mass is 451 g/mol. The number of pyridine rings is 1. The molecule has 0 unspecified atom stereocenters. The first-order chi connectivity index (χ1) is 16.4. The first-order valence-electron chi connectivity index (χ1n) is 10.6. The lowest BCUT2D eigenvalue weighted by Gasteiger charge is -2.13.